The second kappa shape index (κ2) is 7.75. The third-order valence-corrected chi connectivity index (χ3v) is 9.02. The van der Waals surface area contributed by atoms with Crippen molar-refractivity contribution in [2.45, 2.75) is 48.5 Å². The number of aromatic nitrogens is 3. The van der Waals surface area contributed by atoms with Gasteiger partial charge in [0.2, 0.25) is 0 Å². The number of aromatic amines is 3. The Morgan fingerprint density at radius 3 is 1.92 bits per heavy atom. The molecule has 0 saturated carbocycles. The van der Waals surface area contributed by atoms with Crippen LogP contribution >= 0.6 is 0 Å². The minimum Gasteiger partial charge on any atom is -0.480 e. The third-order valence-electron chi connectivity index (χ3n) is 9.02. The first-order chi connectivity index (χ1) is 17.5. The minimum atomic E-state index is -1.22. The van der Waals surface area contributed by atoms with Crippen molar-refractivity contribution in [2.75, 3.05) is 0 Å². The van der Waals surface area contributed by atoms with Gasteiger partial charge in [0.05, 0.1) is 5.69 Å². The number of H-pyrrole nitrogens is 3. The van der Waals surface area contributed by atoms with Crippen molar-refractivity contribution in [3.05, 3.63) is 78.2 Å². The van der Waals surface area contributed by atoms with Crippen LogP contribution in [-0.2, 0) is 4.79 Å². The summed E-state index contributed by atoms with van der Waals surface area (Å²) in [6.45, 7) is 14.6. The van der Waals surface area contributed by atoms with E-state index in [4.69, 9.17) is 0 Å². The maximum atomic E-state index is 13.5. The second-order valence-corrected chi connectivity index (χ2v) is 10.9. The number of nitrogens with one attached hydrogen (secondary N) is 4. The van der Waals surface area contributed by atoms with Gasteiger partial charge in [0.1, 0.15) is 5.92 Å². The van der Waals surface area contributed by atoms with Crippen LogP contribution in [0.15, 0.2) is 11.4 Å². The maximum absolute atomic E-state index is 13.5. The summed E-state index contributed by atoms with van der Waals surface area (Å²) in [6.07, 6.45) is 6.32. The molecule has 5 heterocycles. The number of aliphatic carboxylic acids is 1. The Kier molecular flexibility index (Phi) is 4.90. The lowest BCUT2D eigenvalue weighted by atomic mass is 9.89. The van der Waals surface area contributed by atoms with Crippen molar-refractivity contribution in [2.24, 2.45) is 17.8 Å². The fourth-order valence-electron chi connectivity index (χ4n) is 6.09. The van der Waals surface area contributed by atoms with E-state index >= 15 is 0 Å². The van der Waals surface area contributed by atoms with Crippen molar-refractivity contribution >= 4 is 35.6 Å². The first-order valence-corrected chi connectivity index (χ1v) is 12.8. The molecule has 0 unspecified atom stereocenters. The number of rotatable bonds is 1. The summed E-state index contributed by atoms with van der Waals surface area (Å²) < 4.78 is 0. The molecule has 1 saturated heterocycles. The molecule has 5 N–H and O–H groups in total. The summed E-state index contributed by atoms with van der Waals surface area (Å²) in [6, 6.07) is 0. The SMILES string of the molecule is Cc1c2[nH]c(c1C)/C=c1\[nH]/c(c(C)c1C)=C\c1[nH]c3c(c1C)C(=O)[C@H](C(=O)O)/C3=C1/N/C(=C\2)[C@@H](C)[C@@H]1C. The highest BCUT2D eigenvalue weighted by Crippen LogP contribution is 2.46. The van der Waals surface area contributed by atoms with Crippen LogP contribution in [0.2, 0.25) is 0 Å². The summed E-state index contributed by atoms with van der Waals surface area (Å²) in [5, 5.41) is 15.7. The summed E-state index contributed by atoms with van der Waals surface area (Å²) in [4.78, 5) is 36.5. The molecule has 0 amide bonds. The smallest absolute Gasteiger partial charge is 0.319 e. The van der Waals surface area contributed by atoms with Crippen LogP contribution in [0.3, 0.4) is 0 Å². The van der Waals surface area contributed by atoms with Gasteiger partial charge in [-0.25, -0.2) is 0 Å². The normalized spacial score (nSPS) is 27.3. The van der Waals surface area contributed by atoms with Gasteiger partial charge in [0.15, 0.2) is 5.78 Å². The zero-order chi connectivity index (χ0) is 26.5. The molecule has 0 radical (unpaired) electrons. The zero-order valence-electron chi connectivity index (χ0n) is 22.2. The zero-order valence-corrected chi connectivity index (χ0v) is 22.2. The van der Waals surface area contributed by atoms with E-state index in [1.165, 1.54) is 11.1 Å². The largest absolute Gasteiger partial charge is 0.480 e. The molecule has 6 rings (SSSR count). The summed E-state index contributed by atoms with van der Waals surface area (Å²) in [7, 11) is 0. The molecule has 3 aromatic heterocycles. The molecule has 3 atom stereocenters. The number of allylic oxidation sites excluding steroid dienone is 2. The molecule has 37 heavy (non-hydrogen) atoms. The van der Waals surface area contributed by atoms with Crippen LogP contribution < -0.4 is 16.0 Å². The molecule has 1 aliphatic carbocycles. The Morgan fingerprint density at radius 2 is 1.32 bits per heavy atom. The fraction of sp³-hybridized carbons (Fsp3) is 0.333. The van der Waals surface area contributed by atoms with Gasteiger partial charge in [-0.1, -0.05) is 13.8 Å². The van der Waals surface area contributed by atoms with Crippen molar-refractivity contribution in [3.63, 3.8) is 0 Å². The van der Waals surface area contributed by atoms with E-state index in [0.29, 0.717) is 16.8 Å². The number of Topliss-reactive ketones (excluding diaryl/α,β-unsaturated/α-hetero) is 1. The third kappa shape index (κ3) is 3.12. The van der Waals surface area contributed by atoms with Crippen molar-refractivity contribution in [3.8, 4) is 0 Å². The van der Waals surface area contributed by atoms with Crippen LogP contribution in [0, 0.1) is 52.4 Å². The predicted molar refractivity (Wildman–Crippen MR) is 144 cm³/mol. The van der Waals surface area contributed by atoms with E-state index in [-0.39, 0.29) is 17.6 Å². The average Bonchev–Trinajstić information content (AvgIpc) is 3.56. The first-order valence-electron chi connectivity index (χ1n) is 12.8. The molecule has 8 bridgehead atoms. The summed E-state index contributed by atoms with van der Waals surface area (Å²) in [5.74, 6) is -2.55. The molecule has 0 aromatic carbocycles. The summed E-state index contributed by atoms with van der Waals surface area (Å²) >= 11 is 0. The van der Waals surface area contributed by atoms with Crippen LogP contribution in [-0.4, -0.2) is 31.8 Å². The number of ketones is 1. The molecule has 3 aromatic rings. The van der Waals surface area contributed by atoms with E-state index in [1.54, 1.807) is 0 Å². The summed E-state index contributed by atoms with van der Waals surface area (Å²) in [5.41, 5.74) is 11.8. The maximum Gasteiger partial charge on any atom is 0.319 e. The highest BCUT2D eigenvalue weighted by molar-refractivity contribution is 6.24. The van der Waals surface area contributed by atoms with E-state index in [9.17, 15) is 14.7 Å². The number of carboxylic acids is 1. The Labute approximate surface area is 215 Å². The molecule has 3 aliphatic rings. The topological polar surface area (TPSA) is 114 Å². The Morgan fingerprint density at radius 1 is 0.757 bits per heavy atom. The quantitative estimate of drug-likeness (QED) is 0.331. The van der Waals surface area contributed by atoms with Gasteiger partial charge in [-0.15, -0.1) is 0 Å². The van der Waals surface area contributed by atoms with Gasteiger partial charge in [-0.2, -0.15) is 0 Å². The molecule has 190 valence electrons. The molecular formula is C30H32N4O3. The van der Waals surface area contributed by atoms with Crippen molar-refractivity contribution in [1.82, 2.24) is 20.3 Å². The van der Waals surface area contributed by atoms with Gasteiger partial charge in [0.25, 0.3) is 0 Å². The standard InChI is InChI=1S/C30H32N4O3/c1-11-13(3)20-9-22-15(5)16(6)27(33-22)25-26(30(36)37)29(35)24-17(7)23(34-28(24)25)10-21-14(4)12(2)19(32-21)8-18(11)31-20/h8-10,15-16,26,31-34H,1-7H3,(H,36,37)/b19-8-,21-10-,22-9-,27-25-/t15-,16-,26+/m0/s1. The Balaban J connectivity index is 1.74. The van der Waals surface area contributed by atoms with Gasteiger partial charge in [-0.05, 0) is 80.7 Å². The fourth-order valence-corrected chi connectivity index (χ4v) is 6.09. The van der Waals surface area contributed by atoms with Crippen LogP contribution in [0.5, 0.6) is 0 Å². The van der Waals surface area contributed by atoms with Gasteiger partial charge >= 0.3 is 5.97 Å². The van der Waals surface area contributed by atoms with E-state index in [2.05, 4.69) is 74.0 Å². The average molecular weight is 497 g/mol. The number of hydrogen-bond donors (Lipinski definition) is 5. The molecular weight excluding hydrogens is 464 g/mol. The van der Waals surface area contributed by atoms with Crippen LogP contribution in [0.4, 0.5) is 0 Å². The first kappa shape index (κ1) is 23.4. The Hall–Kier alpha value is -4.00. The highest BCUT2D eigenvalue weighted by Gasteiger charge is 2.47. The van der Waals surface area contributed by atoms with E-state index in [0.717, 1.165) is 55.9 Å². The second-order valence-electron chi connectivity index (χ2n) is 10.9. The molecule has 1 fully saturated rings. The number of fused-ring (bicyclic) bond motifs is 7. The molecule has 2 aliphatic heterocycles. The number of carboxylic acid groups (broad SMARTS) is 1. The van der Waals surface area contributed by atoms with Crippen LogP contribution in [0.25, 0.3) is 23.8 Å². The lowest BCUT2D eigenvalue weighted by molar-refractivity contribution is -0.138. The minimum absolute atomic E-state index is 0.0198. The monoisotopic (exact) mass is 496 g/mol. The van der Waals surface area contributed by atoms with Crippen LogP contribution in [0.1, 0.15) is 74.8 Å². The van der Waals surface area contributed by atoms with Gasteiger partial charge in [0, 0.05) is 62.1 Å². The number of hydrogen-bond acceptors (Lipinski definition) is 3. The van der Waals surface area contributed by atoms with Crippen molar-refractivity contribution < 1.29 is 14.7 Å². The van der Waals surface area contributed by atoms with E-state index < -0.39 is 11.9 Å². The molecule has 7 heteroatoms. The van der Waals surface area contributed by atoms with Crippen molar-refractivity contribution in [1.29, 1.82) is 0 Å². The predicted octanol–water partition coefficient (Wildman–Crippen LogP) is 3.71. The van der Waals surface area contributed by atoms with Gasteiger partial charge < -0.3 is 25.4 Å². The molecule has 7 nitrogen and oxygen atoms in total. The number of carbonyl (C=O) groups excluding carboxylic acids is 1. The Bertz CT molecular complexity index is 1740. The lowest BCUT2D eigenvalue weighted by Gasteiger charge is -2.15. The van der Waals surface area contributed by atoms with E-state index in [1.807, 2.05) is 13.0 Å². The lowest BCUT2D eigenvalue weighted by Crippen LogP contribution is -2.23. The highest BCUT2D eigenvalue weighted by atomic mass is 16.4. The molecule has 0 spiro atoms. The number of carbonyl (C=O) groups is 2. The van der Waals surface area contributed by atoms with Gasteiger partial charge in [-0.3, -0.25) is 9.59 Å².